The fourth-order valence-corrected chi connectivity index (χ4v) is 1.89. The molecule has 1 aromatic rings. The van der Waals surface area contributed by atoms with E-state index in [1.165, 1.54) is 4.90 Å². The minimum absolute atomic E-state index is 0.0660. The highest BCUT2D eigenvalue weighted by molar-refractivity contribution is 5.65. The van der Waals surface area contributed by atoms with Gasteiger partial charge in [-0.2, -0.15) is 0 Å². The number of piperidine rings is 1. The summed E-state index contributed by atoms with van der Waals surface area (Å²) in [4.78, 5) is 16.4. The predicted octanol–water partition coefficient (Wildman–Crippen LogP) is 1.55. The molecule has 0 aliphatic carbocycles. The Morgan fingerprint density at radius 1 is 1.50 bits per heavy atom. The molecule has 0 radical (unpaired) electrons. The number of likely N-dealkylation sites (tertiary alicyclic amines) is 1. The molecule has 1 unspecified atom stereocenters. The molecule has 2 rings (SSSR count). The third-order valence-electron chi connectivity index (χ3n) is 2.59. The van der Waals surface area contributed by atoms with Crippen molar-refractivity contribution in [3.63, 3.8) is 0 Å². The minimum atomic E-state index is -0.844. The van der Waals surface area contributed by atoms with Crippen molar-refractivity contribution in [3.05, 3.63) is 18.7 Å². The monoisotopic (exact) mass is 195 g/mol. The van der Waals surface area contributed by atoms with E-state index in [9.17, 15) is 4.79 Å². The summed E-state index contributed by atoms with van der Waals surface area (Å²) in [5.74, 6) is 0. The fourth-order valence-electron chi connectivity index (χ4n) is 1.89. The summed E-state index contributed by atoms with van der Waals surface area (Å²) in [5, 5.41) is 9.00. The van der Waals surface area contributed by atoms with Crippen LogP contribution in [-0.4, -0.2) is 32.2 Å². The van der Waals surface area contributed by atoms with E-state index in [1.54, 1.807) is 12.5 Å². The normalized spacial score (nSPS) is 22.3. The van der Waals surface area contributed by atoms with E-state index in [4.69, 9.17) is 5.11 Å². The first-order valence-corrected chi connectivity index (χ1v) is 4.76. The maximum absolute atomic E-state index is 11.0. The van der Waals surface area contributed by atoms with E-state index in [2.05, 4.69) is 4.98 Å². The second-order valence-electron chi connectivity index (χ2n) is 3.46. The van der Waals surface area contributed by atoms with Crippen LogP contribution in [0.4, 0.5) is 4.79 Å². The number of carbonyl (C=O) groups is 1. The lowest BCUT2D eigenvalue weighted by Gasteiger charge is -2.34. The van der Waals surface area contributed by atoms with Gasteiger partial charge in [-0.15, -0.1) is 0 Å². The molecule has 1 aliphatic heterocycles. The van der Waals surface area contributed by atoms with Crippen molar-refractivity contribution in [3.8, 4) is 0 Å². The third kappa shape index (κ3) is 1.57. The van der Waals surface area contributed by atoms with Gasteiger partial charge >= 0.3 is 6.09 Å². The van der Waals surface area contributed by atoms with Crippen molar-refractivity contribution in [2.75, 3.05) is 6.54 Å². The quantitative estimate of drug-likeness (QED) is 0.739. The molecule has 0 bridgehead atoms. The molecule has 0 spiro atoms. The first-order valence-electron chi connectivity index (χ1n) is 4.76. The zero-order valence-electron chi connectivity index (χ0n) is 7.83. The van der Waals surface area contributed by atoms with Gasteiger partial charge in [0.1, 0.15) is 6.17 Å². The summed E-state index contributed by atoms with van der Waals surface area (Å²) in [6.45, 7) is 0.623. The Labute approximate surface area is 82.0 Å². The predicted molar refractivity (Wildman–Crippen MR) is 49.8 cm³/mol. The molecule has 0 aromatic carbocycles. The van der Waals surface area contributed by atoms with E-state index >= 15 is 0 Å². The second-order valence-corrected chi connectivity index (χ2v) is 3.46. The third-order valence-corrected chi connectivity index (χ3v) is 2.59. The van der Waals surface area contributed by atoms with E-state index in [0.29, 0.717) is 6.54 Å². The molecule has 1 saturated heterocycles. The van der Waals surface area contributed by atoms with Gasteiger partial charge in [0, 0.05) is 18.9 Å². The zero-order chi connectivity index (χ0) is 9.97. The van der Waals surface area contributed by atoms with Crippen molar-refractivity contribution < 1.29 is 9.90 Å². The Balaban J connectivity index is 2.18. The lowest BCUT2D eigenvalue weighted by atomic mass is 10.1. The zero-order valence-corrected chi connectivity index (χ0v) is 7.83. The van der Waals surface area contributed by atoms with Crippen LogP contribution in [0.15, 0.2) is 18.7 Å². The lowest BCUT2D eigenvalue weighted by molar-refractivity contribution is 0.0793. The van der Waals surface area contributed by atoms with Crippen LogP contribution in [0.3, 0.4) is 0 Å². The molecule has 1 N–H and O–H groups in total. The Morgan fingerprint density at radius 3 is 3.00 bits per heavy atom. The number of hydrogen-bond donors (Lipinski definition) is 1. The van der Waals surface area contributed by atoms with E-state index in [-0.39, 0.29) is 6.17 Å². The molecule has 1 amide bonds. The summed E-state index contributed by atoms with van der Waals surface area (Å²) in [7, 11) is 0. The lowest BCUT2D eigenvalue weighted by Crippen LogP contribution is -2.39. The molecule has 2 heterocycles. The highest BCUT2D eigenvalue weighted by atomic mass is 16.4. The molecule has 1 fully saturated rings. The minimum Gasteiger partial charge on any atom is -0.465 e. The molecule has 76 valence electrons. The van der Waals surface area contributed by atoms with Crippen molar-refractivity contribution in [2.24, 2.45) is 0 Å². The van der Waals surface area contributed by atoms with Gasteiger partial charge in [-0.05, 0) is 19.3 Å². The topological polar surface area (TPSA) is 58.4 Å². The van der Waals surface area contributed by atoms with Crippen LogP contribution in [0.1, 0.15) is 25.4 Å². The second kappa shape index (κ2) is 3.69. The maximum Gasteiger partial charge on any atom is 0.408 e. The highest BCUT2D eigenvalue weighted by Gasteiger charge is 2.26. The van der Waals surface area contributed by atoms with E-state index < -0.39 is 6.09 Å². The van der Waals surface area contributed by atoms with Crippen LogP contribution in [0.5, 0.6) is 0 Å². The highest BCUT2D eigenvalue weighted by Crippen LogP contribution is 2.25. The van der Waals surface area contributed by atoms with Crippen molar-refractivity contribution >= 4 is 6.09 Å². The number of hydrogen-bond acceptors (Lipinski definition) is 2. The van der Waals surface area contributed by atoms with Crippen LogP contribution >= 0.6 is 0 Å². The number of rotatable bonds is 1. The van der Waals surface area contributed by atoms with Crippen molar-refractivity contribution in [1.82, 2.24) is 14.5 Å². The number of nitrogens with zero attached hydrogens (tertiary/aromatic N) is 3. The Kier molecular flexibility index (Phi) is 2.39. The standard InChI is InChI=1S/C9H13N3O2/c13-9(14)12-5-2-1-3-8(12)11-6-4-10-7-11/h4,6-8H,1-3,5H2,(H,13,14). The van der Waals surface area contributed by atoms with Crippen LogP contribution < -0.4 is 0 Å². The first kappa shape index (κ1) is 9.05. The summed E-state index contributed by atoms with van der Waals surface area (Å²) >= 11 is 0. The van der Waals surface area contributed by atoms with Gasteiger partial charge in [-0.3, -0.25) is 4.90 Å². The van der Waals surface area contributed by atoms with Crippen molar-refractivity contribution in [2.45, 2.75) is 25.4 Å². The maximum atomic E-state index is 11.0. The Bertz CT molecular complexity index is 310. The molecule has 1 atom stereocenters. The number of imidazole rings is 1. The molecule has 5 heteroatoms. The van der Waals surface area contributed by atoms with Crippen molar-refractivity contribution in [1.29, 1.82) is 0 Å². The molecular formula is C9H13N3O2. The summed E-state index contributed by atoms with van der Waals surface area (Å²) in [6, 6.07) is 0. The number of carboxylic acid groups (broad SMARTS) is 1. The smallest absolute Gasteiger partial charge is 0.408 e. The average molecular weight is 195 g/mol. The molecular weight excluding hydrogens is 182 g/mol. The Morgan fingerprint density at radius 2 is 2.36 bits per heavy atom. The summed E-state index contributed by atoms with van der Waals surface area (Å²) in [6.07, 6.45) is 7.16. The SMILES string of the molecule is O=C(O)N1CCCCC1n1ccnc1. The van der Waals surface area contributed by atoms with Gasteiger partial charge < -0.3 is 9.67 Å². The molecule has 14 heavy (non-hydrogen) atoms. The van der Waals surface area contributed by atoms with Gasteiger partial charge in [0.05, 0.1) is 6.33 Å². The van der Waals surface area contributed by atoms with Gasteiger partial charge in [-0.1, -0.05) is 0 Å². The first-order chi connectivity index (χ1) is 6.79. The fraction of sp³-hybridized carbons (Fsp3) is 0.556. The average Bonchev–Trinajstić information content (AvgIpc) is 2.70. The van der Waals surface area contributed by atoms with Gasteiger partial charge in [0.25, 0.3) is 0 Å². The number of aromatic nitrogens is 2. The largest absolute Gasteiger partial charge is 0.465 e. The van der Waals surface area contributed by atoms with E-state index in [1.807, 2.05) is 10.8 Å². The van der Waals surface area contributed by atoms with Crippen LogP contribution in [0.25, 0.3) is 0 Å². The Hall–Kier alpha value is -1.52. The number of amides is 1. The molecule has 0 saturated carbocycles. The molecule has 1 aliphatic rings. The van der Waals surface area contributed by atoms with Gasteiger partial charge in [0.2, 0.25) is 0 Å². The molecule has 5 nitrogen and oxygen atoms in total. The van der Waals surface area contributed by atoms with Gasteiger partial charge in [-0.25, -0.2) is 9.78 Å². The van der Waals surface area contributed by atoms with Gasteiger partial charge in [0.15, 0.2) is 0 Å². The molecule has 1 aromatic heterocycles. The van der Waals surface area contributed by atoms with E-state index in [0.717, 1.165) is 19.3 Å². The van der Waals surface area contributed by atoms with Crippen LogP contribution in [-0.2, 0) is 0 Å². The van der Waals surface area contributed by atoms with Crippen LogP contribution in [0, 0.1) is 0 Å². The summed E-state index contributed by atoms with van der Waals surface area (Å²) in [5.41, 5.74) is 0. The van der Waals surface area contributed by atoms with Crippen LogP contribution in [0.2, 0.25) is 0 Å². The summed E-state index contributed by atoms with van der Waals surface area (Å²) < 4.78 is 1.85.